The molecular weight excluding hydrogens is 336 g/mol. The summed E-state index contributed by atoms with van der Waals surface area (Å²) in [5.41, 5.74) is 2.25. The van der Waals surface area contributed by atoms with Gasteiger partial charge in [0.2, 0.25) is 11.1 Å². The number of allylic oxidation sites excluding steroid dienone is 1. The van der Waals surface area contributed by atoms with Crippen molar-refractivity contribution in [1.29, 1.82) is 0 Å². The highest BCUT2D eigenvalue weighted by molar-refractivity contribution is 7.99. The number of aromatic nitrogens is 4. The van der Waals surface area contributed by atoms with Crippen LogP contribution in [0.3, 0.4) is 0 Å². The van der Waals surface area contributed by atoms with Crippen LogP contribution in [-0.2, 0) is 4.79 Å². The zero-order valence-electron chi connectivity index (χ0n) is 14.0. The molecule has 2 aromatic rings. The molecular formula is C17H22N6OS. The molecule has 1 aliphatic rings. The van der Waals surface area contributed by atoms with Crippen LogP contribution in [0.4, 0.5) is 0 Å². The standard InChI is InChI=1S/C17H22N6OS/c18-23-16(14-7-4-9-19-11-14)21-22-17(23)25-12-15(24)20-10-8-13-5-2-1-3-6-13/h4-5,7,9,11H,1-3,6,8,10,12,18H2,(H,20,24). The Balaban J connectivity index is 1.46. The van der Waals surface area contributed by atoms with E-state index in [4.69, 9.17) is 5.84 Å². The van der Waals surface area contributed by atoms with Gasteiger partial charge in [-0.1, -0.05) is 23.4 Å². The van der Waals surface area contributed by atoms with E-state index >= 15 is 0 Å². The lowest BCUT2D eigenvalue weighted by molar-refractivity contribution is -0.118. The number of carbonyl (C=O) groups excluding carboxylic acids is 1. The third-order valence-corrected chi connectivity index (χ3v) is 5.01. The molecule has 0 saturated heterocycles. The molecule has 1 amide bonds. The van der Waals surface area contributed by atoms with Crippen molar-refractivity contribution in [3.63, 3.8) is 0 Å². The minimum Gasteiger partial charge on any atom is -0.355 e. The van der Waals surface area contributed by atoms with Crippen LogP contribution in [0.15, 0.2) is 41.3 Å². The maximum Gasteiger partial charge on any atom is 0.230 e. The Bertz CT molecular complexity index is 743. The van der Waals surface area contributed by atoms with Gasteiger partial charge in [0.25, 0.3) is 0 Å². The number of rotatable bonds is 7. The molecule has 0 unspecified atom stereocenters. The number of pyridine rings is 1. The average Bonchev–Trinajstić information content (AvgIpc) is 3.02. The average molecular weight is 358 g/mol. The molecule has 25 heavy (non-hydrogen) atoms. The summed E-state index contributed by atoms with van der Waals surface area (Å²) in [5.74, 6) is 6.80. The van der Waals surface area contributed by atoms with Gasteiger partial charge in [0, 0.05) is 24.5 Å². The zero-order valence-corrected chi connectivity index (χ0v) is 14.8. The van der Waals surface area contributed by atoms with Crippen LogP contribution in [0.1, 0.15) is 32.1 Å². The number of thioether (sulfide) groups is 1. The fraction of sp³-hybridized carbons (Fsp3) is 0.412. The first-order valence-electron chi connectivity index (χ1n) is 8.42. The van der Waals surface area contributed by atoms with E-state index < -0.39 is 0 Å². The van der Waals surface area contributed by atoms with E-state index in [1.807, 2.05) is 12.1 Å². The number of carbonyl (C=O) groups is 1. The van der Waals surface area contributed by atoms with Crippen molar-refractivity contribution >= 4 is 17.7 Å². The Hall–Kier alpha value is -2.35. The van der Waals surface area contributed by atoms with Gasteiger partial charge in [-0.2, -0.15) is 0 Å². The van der Waals surface area contributed by atoms with E-state index in [1.54, 1.807) is 12.4 Å². The Morgan fingerprint density at radius 2 is 2.28 bits per heavy atom. The third kappa shape index (κ3) is 4.82. The maximum atomic E-state index is 12.0. The second-order valence-electron chi connectivity index (χ2n) is 5.91. The monoisotopic (exact) mass is 358 g/mol. The number of nitrogens with two attached hydrogens (primary N) is 1. The van der Waals surface area contributed by atoms with Gasteiger partial charge >= 0.3 is 0 Å². The van der Waals surface area contributed by atoms with Gasteiger partial charge < -0.3 is 11.2 Å². The molecule has 0 fully saturated rings. The molecule has 0 radical (unpaired) electrons. The Morgan fingerprint density at radius 3 is 3.04 bits per heavy atom. The summed E-state index contributed by atoms with van der Waals surface area (Å²) in [5, 5.41) is 11.6. The summed E-state index contributed by atoms with van der Waals surface area (Å²) in [6.45, 7) is 0.682. The quantitative estimate of drug-likeness (QED) is 0.447. The van der Waals surface area contributed by atoms with Crippen molar-refractivity contribution in [1.82, 2.24) is 25.2 Å². The van der Waals surface area contributed by atoms with Crippen molar-refractivity contribution in [3.8, 4) is 11.4 Å². The number of hydrogen-bond acceptors (Lipinski definition) is 6. The van der Waals surface area contributed by atoms with Crippen molar-refractivity contribution < 1.29 is 4.79 Å². The van der Waals surface area contributed by atoms with Crippen molar-refractivity contribution in [2.75, 3.05) is 18.1 Å². The summed E-state index contributed by atoms with van der Waals surface area (Å²) in [6.07, 6.45) is 11.5. The number of nitrogen functional groups attached to an aromatic ring is 1. The topological polar surface area (TPSA) is 98.7 Å². The van der Waals surface area contributed by atoms with Crippen molar-refractivity contribution in [2.24, 2.45) is 0 Å². The van der Waals surface area contributed by atoms with E-state index in [0.717, 1.165) is 18.4 Å². The van der Waals surface area contributed by atoms with Crippen molar-refractivity contribution in [3.05, 3.63) is 36.2 Å². The summed E-state index contributed by atoms with van der Waals surface area (Å²) in [4.78, 5) is 16.0. The van der Waals surface area contributed by atoms with Crippen LogP contribution < -0.4 is 11.2 Å². The largest absolute Gasteiger partial charge is 0.355 e. The Kier molecular flexibility index (Phi) is 6.05. The molecule has 0 aromatic carbocycles. The van der Waals surface area contributed by atoms with Crippen molar-refractivity contribution in [2.45, 2.75) is 37.3 Å². The van der Waals surface area contributed by atoms with Gasteiger partial charge in [-0.3, -0.25) is 9.78 Å². The normalized spacial score (nSPS) is 14.2. The Labute approximate surface area is 151 Å². The van der Waals surface area contributed by atoms with E-state index in [2.05, 4.69) is 26.6 Å². The molecule has 0 bridgehead atoms. The fourth-order valence-electron chi connectivity index (χ4n) is 2.74. The molecule has 0 atom stereocenters. The van der Waals surface area contributed by atoms with Gasteiger partial charge in [0.1, 0.15) is 0 Å². The lowest BCUT2D eigenvalue weighted by Crippen LogP contribution is -2.27. The van der Waals surface area contributed by atoms with Crippen LogP contribution in [0.5, 0.6) is 0 Å². The minimum absolute atomic E-state index is 0.0210. The van der Waals surface area contributed by atoms with E-state index in [-0.39, 0.29) is 11.7 Å². The first-order valence-corrected chi connectivity index (χ1v) is 9.41. The predicted molar refractivity (Wildman–Crippen MR) is 98.3 cm³/mol. The third-order valence-electron chi connectivity index (χ3n) is 4.07. The van der Waals surface area contributed by atoms with Gasteiger partial charge in [-0.25, -0.2) is 4.68 Å². The zero-order chi connectivity index (χ0) is 17.5. The number of nitrogens with zero attached hydrogens (tertiary/aromatic N) is 4. The second kappa shape index (κ2) is 8.66. The highest BCUT2D eigenvalue weighted by atomic mass is 32.2. The number of hydrogen-bond donors (Lipinski definition) is 2. The maximum absolute atomic E-state index is 12.0. The number of nitrogens with one attached hydrogen (secondary N) is 1. The van der Waals surface area contributed by atoms with Crippen LogP contribution in [0.25, 0.3) is 11.4 Å². The smallest absolute Gasteiger partial charge is 0.230 e. The molecule has 3 rings (SSSR count). The highest BCUT2D eigenvalue weighted by Crippen LogP contribution is 2.21. The lowest BCUT2D eigenvalue weighted by atomic mass is 9.97. The highest BCUT2D eigenvalue weighted by Gasteiger charge is 2.13. The van der Waals surface area contributed by atoms with Crippen LogP contribution >= 0.6 is 11.8 Å². The first kappa shape index (κ1) is 17.5. The molecule has 8 heteroatoms. The van der Waals surface area contributed by atoms with E-state index in [1.165, 1.54) is 41.3 Å². The van der Waals surface area contributed by atoms with Crippen LogP contribution in [0.2, 0.25) is 0 Å². The van der Waals surface area contributed by atoms with Gasteiger partial charge in [-0.05, 0) is 44.2 Å². The molecule has 0 saturated carbocycles. The predicted octanol–water partition coefficient (Wildman–Crippen LogP) is 2.15. The molecule has 3 N–H and O–H groups in total. The van der Waals surface area contributed by atoms with Gasteiger partial charge in [-0.15, -0.1) is 10.2 Å². The molecule has 2 heterocycles. The first-order chi connectivity index (χ1) is 12.2. The van der Waals surface area contributed by atoms with E-state index in [9.17, 15) is 4.79 Å². The summed E-state index contributed by atoms with van der Waals surface area (Å²) in [7, 11) is 0. The van der Waals surface area contributed by atoms with Gasteiger partial charge in [0.05, 0.1) is 5.75 Å². The summed E-state index contributed by atoms with van der Waals surface area (Å²) >= 11 is 1.27. The van der Waals surface area contributed by atoms with Gasteiger partial charge in [0.15, 0.2) is 5.82 Å². The second-order valence-corrected chi connectivity index (χ2v) is 6.86. The summed E-state index contributed by atoms with van der Waals surface area (Å²) in [6, 6.07) is 3.67. The molecule has 7 nitrogen and oxygen atoms in total. The molecule has 0 spiro atoms. The molecule has 2 aromatic heterocycles. The van der Waals surface area contributed by atoms with E-state index in [0.29, 0.717) is 17.5 Å². The fourth-order valence-corrected chi connectivity index (χ4v) is 3.43. The lowest BCUT2D eigenvalue weighted by Gasteiger charge is -2.12. The van der Waals surface area contributed by atoms with Crippen LogP contribution in [0, 0.1) is 0 Å². The Morgan fingerprint density at radius 1 is 1.36 bits per heavy atom. The minimum atomic E-state index is -0.0210. The number of amides is 1. The molecule has 0 aliphatic heterocycles. The summed E-state index contributed by atoms with van der Waals surface area (Å²) < 4.78 is 1.39. The molecule has 1 aliphatic carbocycles. The SMILES string of the molecule is Nn1c(SCC(=O)NCCC2=CCCCC2)nnc1-c1cccnc1. The van der Waals surface area contributed by atoms with Crippen LogP contribution in [-0.4, -0.2) is 38.1 Å². The molecule has 132 valence electrons.